The molecule has 2 aromatic heterocycles. The number of hydrogen-bond acceptors (Lipinski definition) is 6. The van der Waals surface area contributed by atoms with Gasteiger partial charge < -0.3 is 4.74 Å². The highest BCUT2D eigenvalue weighted by molar-refractivity contribution is 6.37. The number of halogens is 2. The van der Waals surface area contributed by atoms with Gasteiger partial charge in [0, 0.05) is 17.0 Å². The van der Waals surface area contributed by atoms with Crippen LogP contribution in [-0.4, -0.2) is 19.7 Å². The fourth-order valence-corrected chi connectivity index (χ4v) is 5.49. The van der Waals surface area contributed by atoms with Crippen molar-refractivity contribution in [1.82, 2.24) is 19.7 Å². The molecule has 0 amide bonds. The first-order valence-corrected chi connectivity index (χ1v) is 12.7. The van der Waals surface area contributed by atoms with E-state index in [4.69, 9.17) is 38.2 Å². The molecule has 0 aliphatic heterocycles. The molecule has 2 heterocycles. The van der Waals surface area contributed by atoms with Gasteiger partial charge >= 0.3 is 5.69 Å². The highest BCUT2D eigenvalue weighted by atomic mass is 35.5. The molecule has 2 unspecified atom stereocenters. The number of aryl methyl sites for hydroxylation is 1. The smallest absolute Gasteiger partial charge is 0.349 e. The van der Waals surface area contributed by atoms with Crippen LogP contribution in [0.5, 0.6) is 11.5 Å². The monoisotopic (exact) mass is 535 g/mol. The van der Waals surface area contributed by atoms with Gasteiger partial charge in [-0.15, -0.1) is 5.10 Å². The maximum absolute atomic E-state index is 12.2. The molecule has 1 N–H and O–H groups in total. The van der Waals surface area contributed by atoms with Gasteiger partial charge in [-0.25, -0.2) is 4.79 Å². The number of aromatic nitrogens is 4. The number of hydrogen-bond donors (Lipinski definition) is 1. The van der Waals surface area contributed by atoms with Crippen LogP contribution in [0, 0.1) is 24.2 Å². The largest absolute Gasteiger partial charge is 0.454 e. The molecule has 4 aromatic rings. The maximum atomic E-state index is 12.2. The lowest BCUT2D eigenvalue weighted by atomic mass is 9.78. The molecule has 37 heavy (non-hydrogen) atoms. The van der Waals surface area contributed by atoms with Crippen molar-refractivity contribution in [1.29, 1.82) is 5.26 Å². The van der Waals surface area contributed by atoms with Crippen LogP contribution < -0.4 is 16.0 Å². The predicted octanol–water partition coefficient (Wildman–Crippen LogP) is 6.04. The van der Waals surface area contributed by atoms with Crippen molar-refractivity contribution < 1.29 is 4.74 Å². The first-order chi connectivity index (χ1) is 17.7. The molecule has 10 heteroatoms. The van der Waals surface area contributed by atoms with Gasteiger partial charge in [-0.05, 0) is 61.2 Å². The molecule has 8 nitrogen and oxygen atoms in total. The zero-order chi connectivity index (χ0) is 26.3. The SMILES string of the molecule is Cc1cc(C2CCCCC2C)nc2ccc(Oc3c(Cl)cc(-n4nc(C#N)c(=O)[nH]c4=O)cc3Cl)cc12. The number of fused-ring (bicyclic) bond motifs is 1. The van der Waals surface area contributed by atoms with Crippen LogP contribution in [0.4, 0.5) is 0 Å². The second-order valence-electron chi connectivity index (χ2n) is 9.38. The summed E-state index contributed by atoms with van der Waals surface area (Å²) in [7, 11) is 0. The highest BCUT2D eigenvalue weighted by Gasteiger charge is 2.25. The maximum Gasteiger partial charge on any atom is 0.349 e. The third-order valence-electron chi connectivity index (χ3n) is 6.88. The van der Waals surface area contributed by atoms with Gasteiger partial charge in [-0.3, -0.25) is 14.8 Å². The molecule has 0 bridgehead atoms. The van der Waals surface area contributed by atoms with Crippen molar-refractivity contribution in [3.05, 3.63) is 84.2 Å². The summed E-state index contributed by atoms with van der Waals surface area (Å²) >= 11 is 12.9. The Morgan fingerprint density at radius 2 is 1.84 bits per heavy atom. The first kappa shape index (κ1) is 25.0. The van der Waals surface area contributed by atoms with E-state index < -0.39 is 16.9 Å². The molecule has 0 radical (unpaired) electrons. The Bertz CT molecular complexity index is 1670. The van der Waals surface area contributed by atoms with Gasteiger partial charge in [-0.2, -0.15) is 9.94 Å². The Hall–Kier alpha value is -3.67. The zero-order valence-electron chi connectivity index (χ0n) is 20.2. The lowest BCUT2D eigenvalue weighted by molar-refractivity contribution is 0.326. The standard InChI is InChI=1S/C27H23Cl2N5O3/c1-14-5-3-4-6-18(14)23-9-15(2)19-12-17(7-8-22(19)31-23)37-25-20(28)10-16(11-21(25)29)34-27(36)32-26(35)24(13-30)33-34/h7-12,14,18H,3-6H2,1-2H3,(H,32,35,36). The van der Waals surface area contributed by atoms with Gasteiger partial charge in [0.15, 0.2) is 5.75 Å². The normalized spacial score (nSPS) is 17.5. The van der Waals surface area contributed by atoms with E-state index in [1.54, 1.807) is 6.07 Å². The molecule has 0 saturated heterocycles. The first-order valence-electron chi connectivity index (χ1n) is 12.0. The number of H-pyrrole nitrogens is 1. The summed E-state index contributed by atoms with van der Waals surface area (Å²) in [4.78, 5) is 30.9. The number of rotatable bonds is 4. The lowest BCUT2D eigenvalue weighted by Crippen LogP contribution is -2.33. The quantitative estimate of drug-likeness (QED) is 0.340. The second-order valence-corrected chi connectivity index (χ2v) is 10.2. The van der Waals surface area contributed by atoms with E-state index in [0.29, 0.717) is 17.6 Å². The van der Waals surface area contributed by atoms with E-state index >= 15 is 0 Å². The second kappa shape index (κ2) is 10.0. The number of nitrogens with one attached hydrogen (secondary N) is 1. The Labute approximate surface area is 222 Å². The Morgan fingerprint density at radius 3 is 2.54 bits per heavy atom. The van der Waals surface area contributed by atoms with Crippen LogP contribution in [0.1, 0.15) is 55.5 Å². The summed E-state index contributed by atoms with van der Waals surface area (Å²) in [6, 6.07) is 12.3. The van der Waals surface area contributed by atoms with Crippen LogP contribution in [0.3, 0.4) is 0 Å². The molecular formula is C27H23Cl2N5O3. The minimum Gasteiger partial charge on any atom is -0.454 e. The van der Waals surface area contributed by atoms with Crippen molar-refractivity contribution in [2.45, 2.75) is 45.4 Å². The van der Waals surface area contributed by atoms with Gasteiger partial charge in [0.1, 0.15) is 11.8 Å². The summed E-state index contributed by atoms with van der Waals surface area (Å²) < 4.78 is 6.89. The van der Waals surface area contributed by atoms with Crippen LogP contribution in [0.25, 0.3) is 16.6 Å². The predicted molar refractivity (Wildman–Crippen MR) is 142 cm³/mol. The number of nitriles is 1. The van der Waals surface area contributed by atoms with E-state index in [1.165, 1.54) is 37.8 Å². The third-order valence-corrected chi connectivity index (χ3v) is 7.44. The minimum absolute atomic E-state index is 0.123. The summed E-state index contributed by atoms with van der Waals surface area (Å²) in [5, 5.41) is 14.1. The topological polar surface area (TPSA) is 114 Å². The number of pyridine rings is 1. The molecule has 2 aromatic carbocycles. The molecule has 5 rings (SSSR count). The van der Waals surface area contributed by atoms with E-state index in [0.717, 1.165) is 26.8 Å². The number of nitrogens with zero attached hydrogens (tertiary/aromatic N) is 4. The molecule has 1 aliphatic rings. The van der Waals surface area contributed by atoms with Crippen molar-refractivity contribution >= 4 is 34.1 Å². The minimum atomic E-state index is -0.873. The van der Waals surface area contributed by atoms with Crippen molar-refractivity contribution in [2.75, 3.05) is 0 Å². The molecule has 1 fully saturated rings. The van der Waals surface area contributed by atoms with Gasteiger partial charge in [-0.1, -0.05) is 49.4 Å². The van der Waals surface area contributed by atoms with E-state index in [9.17, 15) is 9.59 Å². The van der Waals surface area contributed by atoms with E-state index in [1.807, 2.05) is 23.2 Å². The number of aromatic amines is 1. The fourth-order valence-electron chi connectivity index (χ4n) is 4.94. The van der Waals surface area contributed by atoms with Crippen LogP contribution in [0.2, 0.25) is 10.0 Å². The summed E-state index contributed by atoms with van der Waals surface area (Å²) in [5.74, 6) is 1.83. The van der Waals surface area contributed by atoms with Gasteiger partial charge in [0.25, 0.3) is 5.56 Å². The van der Waals surface area contributed by atoms with Gasteiger partial charge in [0.2, 0.25) is 5.69 Å². The van der Waals surface area contributed by atoms with Crippen molar-refractivity contribution in [3.8, 4) is 23.3 Å². The fraction of sp³-hybridized carbons (Fsp3) is 0.296. The molecule has 1 saturated carbocycles. The molecule has 0 spiro atoms. The van der Waals surface area contributed by atoms with Crippen LogP contribution in [-0.2, 0) is 0 Å². The van der Waals surface area contributed by atoms with Crippen LogP contribution in [0.15, 0.2) is 46.0 Å². The molecule has 1 aliphatic carbocycles. The lowest BCUT2D eigenvalue weighted by Gasteiger charge is -2.28. The number of ether oxygens (including phenoxy) is 1. The Balaban J connectivity index is 1.47. The molecule has 188 valence electrons. The molecular weight excluding hydrogens is 513 g/mol. The zero-order valence-corrected chi connectivity index (χ0v) is 21.7. The highest BCUT2D eigenvalue weighted by Crippen LogP contribution is 2.40. The van der Waals surface area contributed by atoms with Gasteiger partial charge in [0.05, 0.1) is 21.2 Å². The Morgan fingerprint density at radius 1 is 1.11 bits per heavy atom. The van der Waals surface area contributed by atoms with E-state index in [2.05, 4.69) is 25.0 Å². The van der Waals surface area contributed by atoms with Crippen molar-refractivity contribution in [2.24, 2.45) is 5.92 Å². The summed E-state index contributed by atoms with van der Waals surface area (Å²) in [6.45, 7) is 4.39. The van der Waals surface area contributed by atoms with E-state index in [-0.39, 0.29) is 21.5 Å². The van der Waals surface area contributed by atoms with Crippen LogP contribution >= 0.6 is 23.2 Å². The third kappa shape index (κ3) is 4.85. The average Bonchev–Trinajstić information content (AvgIpc) is 2.86. The summed E-state index contributed by atoms with van der Waals surface area (Å²) in [5.41, 5.74) is 1.18. The summed E-state index contributed by atoms with van der Waals surface area (Å²) in [6.07, 6.45) is 4.94. The number of benzene rings is 2. The van der Waals surface area contributed by atoms with Crippen molar-refractivity contribution in [3.63, 3.8) is 0 Å². The average molecular weight is 536 g/mol. The molecule has 2 atom stereocenters. The Kier molecular flexibility index (Phi) is 6.76.